The Morgan fingerprint density at radius 3 is 2.47 bits per heavy atom. The van der Waals surface area contributed by atoms with Crippen molar-refractivity contribution in [1.82, 2.24) is 0 Å². The number of alkyl halides is 1. The Morgan fingerprint density at radius 2 is 1.89 bits per heavy atom. The van der Waals surface area contributed by atoms with Crippen molar-refractivity contribution in [3.8, 4) is 11.5 Å². The SMILES string of the molecule is Cc1cccc(Oc2ccc(CCl)cc2)c1[N+](=O)[O-]. The lowest BCUT2D eigenvalue weighted by molar-refractivity contribution is -0.386. The fourth-order valence-corrected chi connectivity index (χ4v) is 1.90. The fourth-order valence-electron chi connectivity index (χ4n) is 1.72. The molecule has 0 amide bonds. The fraction of sp³-hybridized carbons (Fsp3) is 0.143. The van der Waals surface area contributed by atoms with Crippen LogP contribution in [-0.2, 0) is 5.88 Å². The molecule has 0 N–H and O–H groups in total. The van der Waals surface area contributed by atoms with E-state index >= 15 is 0 Å². The van der Waals surface area contributed by atoms with E-state index in [9.17, 15) is 10.1 Å². The Morgan fingerprint density at radius 1 is 1.21 bits per heavy atom. The zero-order valence-corrected chi connectivity index (χ0v) is 11.1. The van der Waals surface area contributed by atoms with E-state index in [0.29, 0.717) is 17.2 Å². The van der Waals surface area contributed by atoms with Crippen molar-refractivity contribution in [2.75, 3.05) is 0 Å². The molecule has 0 aliphatic heterocycles. The Labute approximate surface area is 115 Å². The summed E-state index contributed by atoms with van der Waals surface area (Å²) in [6, 6.07) is 12.1. The number of ether oxygens (including phenoxy) is 1. The van der Waals surface area contributed by atoms with E-state index in [1.165, 1.54) is 0 Å². The number of nitro benzene ring substituents is 1. The second-order valence-electron chi connectivity index (χ2n) is 4.06. The molecule has 0 aliphatic carbocycles. The molecule has 0 spiro atoms. The lowest BCUT2D eigenvalue weighted by atomic mass is 10.2. The van der Waals surface area contributed by atoms with Crippen molar-refractivity contribution in [2.24, 2.45) is 0 Å². The van der Waals surface area contributed by atoms with E-state index in [1.54, 1.807) is 37.3 Å². The summed E-state index contributed by atoms with van der Waals surface area (Å²) in [6.07, 6.45) is 0. The second-order valence-corrected chi connectivity index (χ2v) is 4.33. The maximum Gasteiger partial charge on any atom is 0.314 e. The van der Waals surface area contributed by atoms with Crippen LogP contribution in [0.2, 0.25) is 0 Å². The molecular weight excluding hydrogens is 266 g/mol. The van der Waals surface area contributed by atoms with Gasteiger partial charge in [0, 0.05) is 11.4 Å². The zero-order chi connectivity index (χ0) is 13.8. The smallest absolute Gasteiger partial charge is 0.314 e. The molecule has 4 nitrogen and oxygen atoms in total. The molecule has 0 aliphatic rings. The molecule has 0 saturated carbocycles. The maximum atomic E-state index is 11.0. The first-order chi connectivity index (χ1) is 9.11. The lowest BCUT2D eigenvalue weighted by Gasteiger charge is -2.08. The molecule has 2 aromatic carbocycles. The van der Waals surface area contributed by atoms with Gasteiger partial charge in [-0.1, -0.05) is 24.3 Å². The van der Waals surface area contributed by atoms with E-state index < -0.39 is 4.92 Å². The molecule has 0 atom stereocenters. The molecule has 5 heteroatoms. The highest BCUT2D eigenvalue weighted by molar-refractivity contribution is 6.17. The normalized spacial score (nSPS) is 10.2. The molecule has 0 fully saturated rings. The number of benzene rings is 2. The second kappa shape index (κ2) is 5.71. The first-order valence-electron chi connectivity index (χ1n) is 5.68. The third-order valence-corrected chi connectivity index (χ3v) is 3.00. The molecule has 0 bridgehead atoms. The van der Waals surface area contributed by atoms with Gasteiger partial charge in [-0.2, -0.15) is 0 Å². The van der Waals surface area contributed by atoms with Gasteiger partial charge in [0.1, 0.15) is 5.75 Å². The molecule has 2 rings (SSSR count). The third kappa shape index (κ3) is 3.03. The highest BCUT2D eigenvalue weighted by Crippen LogP contribution is 2.33. The predicted molar refractivity (Wildman–Crippen MR) is 73.9 cm³/mol. The van der Waals surface area contributed by atoms with Crippen LogP contribution in [0.15, 0.2) is 42.5 Å². The van der Waals surface area contributed by atoms with Crippen molar-refractivity contribution in [3.05, 3.63) is 63.7 Å². The minimum Gasteiger partial charge on any atom is -0.450 e. The predicted octanol–water partition coefficient (Wildman–Crippen LogP) is 4.43. The third-order valence-electron chi connectivity index (χ3n) is 2.69. The number of nitro groups is 1. The summed E-state index contributed by atoms with van der Waals surface area (Å²) in [5.41, 5.74) is 1.52. The van der Waals surface area contributed by atoms with Gasteiger partial charge in [-0.15, -0.1) is 11.6 Å². The van der Waals surface area contributed by atoms with E-state index in [2.05, 4.69) is 0 Å². The van der Waals surface area contributed by atoms with Crippen LogP contribution < -0.4 is 4.74 Å². The highest BCUT2D eigenvalue weighted by Gasteiger charge is 2.18. The topological polar surface area (TPSA) is 52.4 Å². The summed E-state index contributed by atoms with van der Waals surface area (Å²) in [4.78, 5) is 10.6. The van der Waals surface area contributed by atoms with E-state index in [4.69, 9.17) is 16.3 Å². The maximum absolute atomic E-state index is 11.0. The zero-order valence-electron chi connectivity index (χ0n) is 10.3. The Hall–Kier alpha value is -2.07. The largest absolute Gasteiger partial charge is 0.450 e. The monoisotopic (exact) mass is 277 g/mol. The highest BCUT2D eigenvalue weighted by atomic mass is 35.5. The lowest BCUT2D eigenvalue weighted by Crippen LogP contribution is -1.96. The van der Waals surface area contributed by atoms with Gasteiger partial charge < -0.3 is 4.74 Å². The molecule has 19 heavy (non-hydrogen) atoms. The van der Waals surface area contributed by atoms with Crippen LogP contribution in [0.3, 0.4) is 0 Å². The summed E-state index contributed by atoms with van der Waals surface area (Å²) in [5.74, 6) is 1.21. The van der Waals surface area contributed by atoms with Crippen molar-refractivity contribution >= 4 is 17.3 Å². The minimum atomic E-state index is -0.433. The summed E-state index contributed by atoms with van der Waals surface area (Å²) in [6.45, 7) is 1.68. The van der Waals surface area contributed by atoms with Gasteiger partial charge in [0.25, 0.3) is 0 Å². The first-order valence-corrected chi connectivity index (χ1v) is 6.22. The van der Waals surface area contributed by atoms with Crippen LogP contribution in [0.4, 0.5) is 5.69 Å². The molecule has 0 saturated heterocycles. The number of nitrogens with zero attached hydrogens (tertiary/aromatic N) is 1. The quantitative estimate of drug-likeness (QED) is 0.472. The average Bonchev–Trinajstić information content (AvgIpc) is 2.39. The first kappa shape index (κ1) is 13.4. The number of rotatable bonds is 4. The number of aryl methyl sites for hydroxylation is 1. The number of para-hydroxylation sites is 1. The van der Waals surface area contributed by atoms with Crippen LogP contribution in [0.25, 0.3) is 0 Å². The van der Waals surface area contributed by atoms with E-state index in [0.717, 1.165) is 5.56 Å². The summed E-state index contributed by atoms with van der Waals surface area (Å²) >= 11 is 5.70. The molecule has 0 heterocycles. The van der Waals surface area contributed by atoms with Crippen molar-refractivity contribution in [2.45, 2.75) is 12.8 Å². The number of hydrogen-bond acceptors (Lipinski definition) is 3. The number of hydrogen-bond donors (Lipinski definition) is 0. The van der Waals surface area contributed by atoms with Gasteiger partial charge in [0.2, 0.25) is 5.75 Å². The van der Waals surface area contributed by atoms with Crippen LogP contribution in [-0.4, -0.2) is 4.92 Å². The van der Waals surface area contributed by atoms with Crippen molar-refractivity contribution < 1.29 is 9.66 Å². The van der Waals surface area contributed by atoms with Gasteiger partial charge in [-0.3, -0.25) is 10.1 Å². The van der Waals surface area contributed by atoms with E-state index in [1.807, 2.05) is 12.1 Å². The van der Waals surface area contributed by atoms with Crippen LogP contribution >= 0.6 is 11.6 Å². The summed E-state index contributed by atoms with van der Waals surface area (Å²) in [5, 5.41) is 11.0. The van der Waals surface area contributed by atoms with Gasteiger partial charge in [-0.05, 0) is 30.7 Å². The van der Waals surface area contributed by atoms with Crippen LogP contribution in [0.1, 0.15) is 11.1 Å². The van der Waals surface area contributed by atoms with Crippen molar-refractivity contribution in [3.63, 3.8) is 0 Å². The minimum absolute atomic E-state index is 0.0103. The van der Waals surface area contributed by atoms with Crippen LogP contribution in [0.5, 0.6) is 11.5 Å². The molecule has 0 unspecified atom stereocenters. The molecular formula is C14H12ClNO3. The Kier molecular flexibility index (Phi) is 4.02. The molecule has 0 radical (unpaired) electrons. The van der Waals surface area contributed by atoms with Crippen molar-refractivity contribution in [1.29, 1.82) is 0 Å². The summed E-state index contributed by atoms with van der Waals surface area (Å²) in [7, 11) is 0. The average molecular weight is 278 g/mol. The molecule has 98 valence electrons. The summed E-state index contributed by atoms with van der Waals surface area (Å²) < 4.78 is 5.57. The van der Waals surface area contributed by atoms with Gasteiger partial charge in [-0.25, -0.2) is 0 Å². The Bertz CT molecular complexity index is 596. The van der Waals surface area contributed by atoms with E-state index in [-0.39, 0.29) is 11.4 Å². The van der Waals surface area contributed by atoms with Gasteiger partial charge >= 0.3 is 5.69 Å². The van der Waals surface area contributed by atoms with Gasteiger partial charge in [0.05, 0.1) is 4.92 Å². The Balaban J connectivity index is 2.32. The standard InChI is InChI=1S/C14H12ClNO3/c1-10-3-2-4-13(14(10)16(17)18)19-12-7-5-11(9-15)6-8-12/h2-8H,9H2,1H3. The van der Waals surface area contributed by atoms with Crippen LogP contribution in [0, 0.1) is 17.0 Å². The van der Waals surface area contributed by atoms with Gasteiger partial charge in [0.15, 0.2) is 0 Å². The molecule has 2 aromatic rings. The molecule has 0 aromatic heterocycles. The number of halogens is 1.